The zero-order valence-corrected chi connectivity index (χ0v) is 14.0. The fourth-order valence-corrected chi connectivity index (χ4v) is 3.12. The summed E-state index contributed by atoms with van der Waals surface area (Å²) in [6.07, 6.45) is 5.86. The summed E-state index contributed by atoms with van der Waals surface area (Å²) < 4.78 is 28.7. The number of anilines is 2. The standard InChI is InChI=1S/C18H18F2N6/c19-13-8-16-15(23-1-2-24-16)7-12(13)9-25-17-11-22-10-14(20)18(17)26-5-3-21-4-6-26/h1-2,7-8,10-11,21,25H,3-6,9H2. The third-order valence-corrected chi connectivity index (χ3v) is 4.41. The molecule has 1 aromatic carbocycles. The predicted octanol–water partition coefficient (Wildman–Crippen LogP) is 2.32. The highest BCUT2D eigenvalue weighted by Gasteiger charge is 2.19. The van der Waals surface area contributed by atoms with E-state index in [1.165, 1.54) is 18.5 Å². The quantitative estimate of drug-likeness (QED) is 0.748. The summed E-state index contributed by atoms with van der Waals surface area (Å²) in [5.41, 5.74) is 2.58. The van der Waals surface area contributed by atoms with Gasteiger partial charge in [-0.05, 0) is 6.07 Å². The molecule has 0 aliphatic carbocycles. The fourth-order valence-electron chi connectivity index (χ4n) is 3.12. The number of piperazine rings is 1. The van der Waals surface area contributed by atoms with Crippen molar-refractivity contribution in [2.75, 3.05) is 36.4 Å². The van der Waals surface area contributed by atoms with E-state index in [0.717, 1.165) is 13.1 Å². The maximum absolute atomic E-state index is 14.4. The monoisotopic (exact) mass is 356 g/mol. The number of fused-ring (bicyclic) bond motifs is 1. The minimum absolute atomic E-state index is 0.197. The highest BCUT2D eigenvalue weighted by molar-refractivity contribution is 5.75. The molecule has 1 aliphatic rings. The molecule has 1 fully saturated rings. The molecule has 3 aromatic rings. The Morgan fingerprint density at radius 1 is 1.00 bits per heavy atom. The van der Waals surface area contributed by atoms with Crippen LogP contribution in [0.4, 0.5) is 20.2 Å². The second-order valence-corrected chi connectivity index (χ2v) is 6.10. The maximum atomic E-state index is 14.4. The molecule has 1 aliphatic heterocycles. The van der Waals surface area contributed by atoms with Crippen molar-refractivity contribution in [3.05, 3.63) is 54.1 Å². The molecule has 3 heterocycles. The highest BCUT2D eigenvalue weighted by Crippen LogP contribution is 2.29. The first kappa shape index (κ1) is 16.6. The van der Waals surface area contributed by atoms with E-state index in [2.05, 4.69) is 25.6 Å². The number of benzene rings is 1. The lowest BCUT2D eigenvalue weighted by molar-refractivity contribution is 0.564. The van der Waals surface area contributed by atoms with E-state index in [1.54, 1.807) is 18.5 Å². The Balaban J connectivity index is 1.60. The van der Waals surface area contributed by atoms with Gasteiger partial charge >= 0.3 is 0 Å². The first-order chi connectivity index (χ1) is 12.7. The Labute approximate surface area is 149 Å². The van der Waals surface area contributed by atoms with Crippen LogP contribution in [0.25, 0.3) is 11.0 Å². The van der Waals surface area contributed by atoms with E-state index in [9.17, 15) is 8.78 Å². The lowest BCUT2D eigenvalue weighted by atomic mass is 10.1. The van der Waals surface area contributed by atoms with Gasteiger partial charge in [-0.2, -0.15) is 0 Å². The van der Waals surface area contributed by atoms with Gasteiger partial charge in [0.2, 0.25) is 0 Å². The summed E-state index contributed by atoms with van der Waals surface area (Å²) in [6.45, 7) is 3.19. The average Bonchev–Trinajstić information content (AvgIpc) is 2.67. The van der Waals surface area contributed by atoms with Gasteiger partial charge in [0.05, 0.1) is 34.8 Å². The number of nitrogens with zero attached hydrogens (tertiary/aromatic N) is 4. The highest BCUT2D eigenvalue weighted by atomic mass is 19.1. The van der Waals surface area contributed by atoms with Crippen LogP contribution >= 0.6 is 0 Å². The van der Waals surface area contributed by atoms with E-state index >= 15 is 0 Å². The van der Waals surface area contributed by atoms with Crippen LogP contribution in [0, 0.1) is 11.6 Å². The van der Waals surface area contributed by atoms with Crippen LogP contribution in [0.3, 0.4) is 0 Å². The van der Waals surface area contributed by atoms with Crippen LogP contribution in [-0.4, -0.2) is 41.1 Å². The van der Waals surface area contributed by atoms with Gasteiger partial charge in [-0.25, -0.2) is 8.78 Å². The van der Waals surface area contributed by atoms with Crippen molar-refractivity contribution in [2.45, 2.75) is 6.54 Å². The molecule has 4 rings (SSSR count). The molecule has 0 amide bonds. The van der Waals surface area contributed by atoms with Crippen molar-refractivity contribution < 1.29 is 8.78 Å². The molecular weight excluding hydrogens is 338 g/mol. The molecule has 6 nitrogen and oxygen atoms in total. The minimum Gasteiger partial charge on any atom is -0.378 e. The molecule has 0 bridgehead atoms. The molecule has 1 saturated heterocycles. The van der Waals surface area contributed by atoms with Gasteiger partial charge in [-0.1, -0.05) is 0 Å². The van der Waals surface area contributed by atoms with Crippen molar-refractivity contribution in [3.63, 3.8) is 0 Å². The fraction of sp³-hybridized carbons (Fsp3) is 0.278. The normalized spacial score (nSPS) is 14.6. The van der Waals surface area contributed by atoms with Crippen LogP contribution in [0.15, 0.2) is 36.9 Å². The molecule has 26 heavy (non-hydrogen) atoms. The van der Waals surface area contributed by atoms with Crippen LogP contribution in [0.1, 0.15) is 5.56 Å². The topological polar surface area (TPSA) is 66.0 Å². The number of hydrogen-bond acceptors (Lipinski definition) is 6. The van der Waals surface area contributed by atoms with E-state index in [4.69, 9.17) is 0 Å². The van der Waals surface area contributed by atoms with E-state index < -0.39 is 0 Å². The lowest BCUT2D eigenvalue weighted by Crippen LogP contribution is -2.44. The summed E-state index contributed by atoms with van der Waals surface area (Å²) in [5, 5.41) is 6.36. The Bertz CT molecular complexity index is 927. The van der Waals surface area contributed by atoms with E-state index in [0.29, 0.717) is 41.1 Å². The molecule has 2 aromatic heterocycles. The van der Waals surface area contributed by atoms with Crippen LogP contribution in [-0.2, 0) is 6.54 Å². The van der Waals surface area contributed by atoms with Crippen molar-refractivity contribution >= 4 is 22.4 Å². The van der Waals surface area contributed by atoms with Gasteiger partial charge in [0.1, 0.15) is 5.82 Å². The zero-order valence-electron chi connectivity index (χ0n) is 14.0. The molecule has 0 spiro atoms. The van der Waals surface area contributed by atoms with E-state index in [1.807, 2.05) is 4.90 Å². The largest absolute Gasteiger partial charge is 0.378 e. The SMILES string of the molecule is Fc1cc2nccnc2cc1CNc1cncc(F)c1N1CCNCC1. The molecule has 0 unspecified atom stereocenters. The average molecular weight is 356 g/mol. The number of aromatic nitrogens is 3. The summed E-state index contributed by atoms with van der Waals surface area (Å²) >= 11 is 0. The Morgan fingerprint density at radius 3 is 2.50 bits per heavy atom. The molecule has 0 saturated carbocycles. The first-order valence-electron chi connectivity index (χ1n) is 8.44. The number of hydrogen-bond donors (Lipinski definition) is 2. The van der Waals surface area contributed by atoms with Crippen molar-refractivity contribution in [1.29, 1.82) is 0 Å². The molecule has 0 radical (unpaired) electrons. The molecule has 8 heteroatoms. The third-order valence-electron chi connectivity index (χ3n) is 4.41. The second-order valence-electron chi connectivity index (χ2n) is 6.10. The Hall–Kier alpha value is -2.87. The van der Waals surface area contributed by atoms with Crippen molar-refractivity contribution in [3.8, 4) is 0 Å². The van der Waals surface area contributed by atoms with Gasteiger partial charge in [-0.15, -0.1) is 0 Å². The van der Waals surface area contributed by atoms with E-state index in [-0.39, 0.29) is 18.2 Å². The molecule has 134 valence electrons. The molecular formula is C18H18F2N6. The van der Waals surface area contributed by atoms with Crippen LogP contribution in [0.5, 0.6) is 0 Å². The number of halogens is 2. The minimum atomic E-state index is -0.387. The second kappa shape index (κ2) is 7.17. The lowest BCUT2D eigenvalue weighted by Gasteiger charge is -2.31. The summed E-state index contributed by atoms with van der Waals surface area (Å²) in [5.74, 6) is -0.764. The predicted molar refractivity (Wildman–Crippen MR) is 96.1 cm³/mol. The molecule has 0 atom stereocenters. The summed E-state index contributed by atoms with van der Waals surface area (Å²) in [4.78, 5) is 14.2. The zero-order chi connectivity index (χ0) is 17.9. The Kier molecular flexibility index (Phi) is 4.57. The third kappa shape index (κ3) is 3.28. The van der Waals surface area contributed by atoms with Gasteiger partial charge in [0.15, 0.2) is 5.82 Å². The maximum Gasteiger partial charge on any atom is 0.166 e. The number of pyridine rings is 1. The van der Waals surface area contributed by atoms with Gasteiger partial charge in [0, 0.05) is 56.7 Å². The summed E-state index contributed by atoms with van der Waals surface area (Å²) in [7, 11) is 0. The van der Waals surface area contributed by atoms with Crippen LogP contribution in [0.2, 0.25) is 0 Å². The van der Waals surface area contributed by atoms with Crippen molar-refractivity contribution in [2.24, 2.45) is 0 Å². The smallest absolute Gasteiger partial charge is 0.166 e. The first-order valence-corrected chi connectivity index (χ1v) is 8.44. The van der Waals surface area contributed by atoms with Gasteiger partial charge < -0.3 is 15.5 Å². The molecule has 2 N–H and O–H groups in total. The summed E-state index contributed by atoms with van der Waals surface area (Å²) in [6, 6.07) is 3.02. The Morgan fingerprint density at radius 2 is 1.73 bits per heavy atom. The van der Waals surface area contributed by atoms with Gasteiger partial charge in [-0.3, -0.25) is 15.0 Å². The number of nitrogens with one attached hydrogen (secondary N) is 2. The van der Waals surface area contributed by atoms with Gasteiger partial charge in [0.25, 0.3) is 0 Å². The number of rotatable bonds is 4. The van der Waals surface area contributed by atoms with Crippen molar-refractivity contribution in [1.82, 2.24) is 20.3 Å². The van der Waals surface area contributed by atoms with Crippen LogP contribution < -0.4 is 15.5 Å².